The molecule has 0 fully saturated rings. The molecule has 0 aliphatic rings. The zero-order valence-electron chi connectivity index (χ0n) is 36.7. The van der Waals surface area contributed by atoms with Gasteiger partial charge in [0, 0.05) is 65.0 Å². The molecule has 2 radical (unpaired) electrons. The summed E-state index contributed by atoms with van der Waals surface area (Å²) >= 11 is 0. The topological polar surface area (TPSA) is 51.6 Å². The number of pyridine rings is 4. The van der Waals surface area contributed by atoms with E-state index in [1.54, 1.807) is 31.5 Å². The minimum absolute atomic E-state index is 0. The molecule has 10 rings (SSSR count). The standard InChI is InChI=1S/C19H15FN.C18H13FN.2C11H8N.2Ir/c1-2-14-12-16(8-10-18(14)20)17-9-11-19(21-13-17)15-6-4-3-5-7-15;1-13-11-15(7-9-17(13)19)16-8-10-18(20-12-16)14-5-3-2-4-6-14;2*1-2-6-10(7-3-1)11-8-4-5-9-12-11;;/h3-6,8-13H,2H2,1H3;2-5,7-12H,1H3;2*1-6,8-9H;;/q4*-1;;. The second-order valence-electron chi connectivity index (χ2n) is 14.5. The fourth-order valence-corrected chi connectivity index (χ4v) is 6.55. The van der Waals surface area contributed by atoms with Crippen LogP contribution in [0.1, 0.15) is 18.1 Å². The molecule has 0 amide bonds. The van der Waals surface area contributed by atoms with Crippen molar-refractivity contribution in [1.82, 2.24) is 19.9 Å². The third-order valence-electron chi connectivity index (χ3n) is 10.0. The molecule has 4 aromatic heterocycles. The summed E-state index contributed by atoms with van der Waals surface area (Å²) in [7, 11) is 0. The number of hydrogen-bond donors (Lipinski definition) is 0. The average molecular weight is 1230 g/mol. The van der Waals surface area contributed by atoms with Crippen molar-refractivity contribution >= 4 is 0 Å². The van der Waals surface area contributed by atoms with Gasteiger partial charge in [0.1, 0.15) is 11.6 Å². The molecule has 0 unspecified atom stereocenters. The fraction of sp³-hybridized carbons (Fsp3) is 0.0508. The van der Waals surface area contributed by atoms with E-state index < -0.39 is 0 Å². The molecule has 0 aliphatic heterocycles. The maximum atomic E-state index is 13.6. The van der Waals surface area contributed by atoms with Crippen LogP contribution in [0.15, 0.2) is 219 Å². The Hall–Kier alpha value is -6.92. The summed E-state index contributed by atoms with van der Waals surface area (Å²) in [5.74, 6) is -0.332. The first kappa shape index (κ1) is 51.1. The molecule has 4 heterocycles. The number of halogens is 2. The number of aromatic nitrogens is 4. The molecule has 0 saturated carbocycles. The summed E-state index contributed by atoms with van der Waals surface area (Å²) in [6, 6.07) is 73.7. The summed E-state index contributed by atoms with van der Waals surface area (Å²) < 4.78 is 26.8. The van der Waals surface area contributed by atoms with Crippen LogP contribution in [0.3, 0.4) is 0 Å². The Morgan fingerprint density at radius 2 is 0.761 bits per heavy atom. The van der Waals surface area contributed by atoms with Gasteiger partial charge in [0.05, 0.1) is 0 Å². The summed E-state index contributed by atoms with van der Waals surface area (Å²) in [4.78, 5) is 17.4. The largest absolute Gasteiger partial charge is 0.305 e. The Kier molecular flexibility index (Phi) is 20.5. The molecule has 0 spiro atoms. The normalized spacial score (nSPS) is 9.91. The maximum absolute atomic E-state index is 13.6. The average Bonchev–Trinajstić information content (AvgIpc) is 3.39. The molecular formula is C59H44F2Ir2N4-4. The van der Waals surface area contributed by atoms with Gasteiger partial charge in [0.2, 0.25) is 0 Å². The summed E-state index contributed by atoms with van der Waals surface area (Å²) in [5.41, 5.74) is 13.0. The summed E-state index contributed by atoms with van der Waals surface area (Å²) in [6.45, 7) is 3.72. The van der Waals surface area contributed by atoms with Crippen molar-refractivity contribution in [3.8, 4) is 67.3 Å². The third-order valence-corrected chi connectivity index (χ3v) is 10.0. The van der Waals surface area contributed by atoms with Gasteiger partial charge in [-0.25, -0.2) is 8.78 Å². The zero-order valence-corrected chi connectivity index (χ0v) is 41.5. The molecular weight excluding hydrogens is 1190 g/mol. The molecule has 0 N–H and O–H groups in total. The molecule has 0 bridgehead atoms. The first-order valence-corrected chi connectivity index (χ1v) is 21.1. The predicted molar refractivity (Wildman–Crippen MR) is 259 cm³/mol. The van der Waals surface area contributed by atoms with E-state index in [1.165, 1.54) is 12.1 Å². The van der Waals surface area contributed by atoms with Crippen LogP contribution < -0.4 is 0 Å². The van der Waals surface area contributed by atoms with E-state index in [0.29, 0.717) is 12.0 Å². The number of nitrogens with zero attached hydrogens (tertiary/aromatic N) is 4. The Labute approximate surface area is 419 Å². The monoisotopic (exact) mass is 1230 g/mol. The first-order chi connectivity index (χ1) is 31.9. The molecule has 67 heavy (non-hydrogen) atoms. The van der Waals surface area contributed by atoms with E-state index in [2.05, 4.69) is 44.2 Å². The van der Waals surface area contributed by atoms with Crippen LogP contribution in [-0.2, 0) is 46.6 Å². The Balaban J connectivity index is 0.000000170. The van der Waals surface area contributed by atoms with Crippen LogP contribution in [0.4, 0.5) is 8.78 Å². The van der Waals surface area contributed by atoms with Crippen LogP contribution >= 0.6 is 0 Å². The molecule has 0 atom stereocenters. The zero-order chi connectivity index (χ0) is 45.1. The van der Waals surface area contributed by atoms with Crippen LogP contribution in [0.5, 0.6) is 0 Å². The molecule has 6 aromatic carbocycles. The van der Waals surface area contributed by atoms with Crippen molar-refractivity contribution < 1.29 is 49.0 Å². The number of benzene rings is 6. The van der Waals surface area contributed by atoms with E-state index in [4.69, 9.17) is 0 Å². The van der Waals surface area contributed by atoms with E-state index in [1.807, 2.05) is 189 Å². The van der Waals surface area contributed by atoms with Crippen molar-refractivity contribution in [3.63, 3.8) is 0 Å². The Morgan fingerprint density at radius 3 is 1.09 bits per heavy atom. The van der Waals surface area contributed by atoms with Crippen LogP contribution in [0.2, 0.25) is 0 Å². The smallest absolute Gasteiger partial charge is 0.126 e. The quantitative estimate of drug-likeness (QED) is 0.149. The predicted octanol–water partition coefficient (Wildman–Crippen LogP) is 14.7. The van der Waals surface area contributed by atoms with Crippen molar-refractivity contribution in [3.05, 3.63) is 266 Å². The molecule has 10 aromatic rings. The van der Waals surface area contributed by atoms with Gasteiger partial charge < -0.3 is 19.9 Å². The van der Waals surface area contributed by atoms with Crippen molar-refractivity contribution in [2.24, 2.45) is 0 Å². The SMILES string of the molecule is CCc1cc(-c2ccc(-c3[c-]cccc3)nc2)ccc1F.Cc1cc(-c2ccc(-c3[c-]cccc3)nc2)ccc1F.[Ir].[Ir].[c-]1ccccc1-c1ccccn1.[c-]1ccccc1-c1ccccn1. The van der Waals surface area contributed by atoms with Gasteiger partial charge in [-0.3, -0.25) is 0 Å². The van der Waals surface area contributed by atoms with Crippen LogP contribution in [0.25, 0.3) is 67.3 Å². The van der Waals surface area contributed by atoms with E-state index in [9.17, 15) is 8.78 Å². The minimum Gasteiger partial charge on any atom is -0.305 e. The minimum atomic E-state index is -0.183. The van der Waals surface area contributed by atoms with Crippen LogP contribution in [-0.4, -0.2) is 19.9 Å². The molecule has 8 heteroatoms. The van der Waals surface area contributed by atoms with Gasteiger partial charge in [0.15, 0.2) is 0 Å². The molecule has 4 nitrogen and oxygen atoms in total. The maximum Gasteiger partial charge on any atom is 0.126 e. The second kappa shape index (κ2) is 26.9. The van der Waals surface area contributed by atoms with E-state index in [0.717, 1.165) is 72.8 Å². The summed E-state index contributed by atoms with van der Waals surface area (Å²) in [5, 5.41) is 0. The summed E-state index contributed by atoms with van der Waals surface area (Å²) in [6.07, 6.45) is 7.89. The molecule has 0 saturated heterocycles. The van der Waals surface area contributed by atoms with Gasteiger partial charge in [-0.05, 0) is 106 Å². The second-order valence-corrected chi connectivity index (χ2v) is 14.5. The molecule has 0 aliphatic carbocycles. The van der Waals surface area contributed by atoms with E-state index in [-0.39, 0.29) is 51.8 Å². The number of aryl methyl sites for hydroxylation is 2. The van der Waals surface area contributed by atoms with Gasteiger partial charge >= 0.3 is 0 Å². The van der Waals surface area contributed by atoms with Crippen LogP contribution in [0, 0.1) is 42.8 Å². The van der Waals surface area contributed by atoms with Crippen molar-refractivity contribution in [1.29, 1.82) is 0 Å². The van der Waals surface area contributed by atoms with Gasteiger partial charge in [-0.15, -0.1) is 144 Å². The number of rotatable bonds is 7. The fourth-order valence-electron chi connectivity index (χ4n) is 6.55. The third kappa shape index (κ3) is 15.1. The van der Waals surface area contributed by atoms with Gasteiger partial charge in [0.25, 0.3) is 0 Å². The van der Waals surface area contributed by atoms with Crippen molar-refractivity contribution in [2.45, 2.75) is 20.3 Å². The van der Waals surface area contributed by atoms with Gasteiger partial charge in [-0.1, -0.05) is 67.6 Å². The Bertz CT molecular complexity index is 2800. The number of hydrogen-bond acceptors (Lipinski definition) is 4. The van der Waals surface area contributed by atoms with Gasteiger partial charge in [-0.2, -0.15) is 0 Å². The Morgan fingerprint density at radius 1 is 0.388 bits per heavy atom. The van der Waals surface area contributed by atoms with Crippen molar-refractivity contribution in [2.75, 3.05) is 0 Å². The first-order valence-electron chi connectivity index (χ1n) is 21.1. The molecule has 336 valence electrons. The van der Waals surface area contributed by atoms with E-state index >= 15 is 0 Å².